The van der Waals surface area contributed by atoms with Crippen molar-refractivity contribution in [2.75, 3.05) is 6.54 Å². The molecule has 0 bridgehead atoms. The fraction of sp³-hybridized carbons (Fsp3) is 0.172. The van der Waals surface area contributed by atoms with Gasteiger partial charge in [0, 0.05) is 41.0 Å². The lowest BCUT2D eigenvalue weighted by molar-refractivity contribution is 0.0953. The zero-order valence-electron chi connectivity index (χ0n) is 20.0. The number of carbonyl (C=O) groups excluding carboxylic acids is 1. The maximum Gasteiger partial charge on any atom is 0.251 e. The van der Waals surface area contributed by atoms with Crippen LogP contribution in [0.1, 0.15) is 35.2 Å². The van der Waals surface area contributed by atoms with Crippen molar-refractivity contribution < 1.29 is 13.9 Å². The van der Waals surface area contributed by atoms with Gasteiger partial charge < -0.3 is 10.1 Å². The Morgan fingerprint density at radius 1 is 1.00 bits per heavy atom. The molecule has 3 aromatic carbocycles. The van der Waals surface area contributed by atoms with Crippen molar-refractivity contribution >= 4 is 34.3 Å². The SMILES string of the molecule is O=C(NCCCC1=NC=CC1)c1ccc2nc(OCc3ccc(Cl)cc3)c(-c3ccc(F)cc3)nc2c1. The van der Waals surface area contributed by atoms with Crippen LogP contribution in [0.15, 0.2) is 84.0 Å². The zero-order chi connectivity index (χ0) is 25.6. The molecule has 0 radical (unpaired) electrons. The molecule has 0 fully saturated rings. The molecule has 5 rings (SSSR count). The third-order valence-electron chi connectivity index (χ3n) is 5.94. The molecule has 1 N–H and O–H groups in total. The highest BCUT2D eigenvalue weighted by Crippen LogP contribution is 2.30. The number of nitrogens with zero attached hydrogens (tertiary/aromatic N) is 3. The second-order valence-corrected chi connectivity index (χ2v) is 9.08. The number of amides is 1. The average molecular weight is 515 g/mol. The summed E-state index contributed by atoms with van der Waals surface area (Å²) in [6.45, 7) is 0.814. The third kappa shape index (κ3) is 6.19. The average Bonchev–Trinajstić information content (AvgIpc) is 3.44. The Bertz CT molecular complexity index is 1480. The summed E-state index contributed by atoms with van der Waals surface area (Å²) in [6, 6.07) is 18.5. The van der Waals surface area contributed by atoms with E-state index in [1.807, 2.05) is 24.4 Å². The number of carbonyl (C=O) groups is 1. The van der Waals surface area contributed by atoms with Crippen LogP contribution in [0.2, 0.25) is 5.02 Å². The van der Waals surface area contributed by atoms with Crippen molar-refractivity contribution in [2.45, 2.75) is 25.9 Å². The minimum atomic E-state index is -0.351. The highest BCUT2D eigenvalue weighted by atomic mass is 35.5. The van der Waals surface area contributed by atoms with Crippen molar-refractivity contribution in [2.24, 2.45) is 4.99 Å². The molecule has 0 atom stereocenters. The number of rotatable bonds is 9. The predicted octanol–water partition coefficient (Wildman–Crippen LogP) is 6.54. The van der Waals surface area contributed by atoms with Crippen molar-refractivity contribution in [3.05, 3.63) is 101 Å². The lowest BCUT2D eigenvalue weighted by atomic mass is 10.1. The Labute approximate surface area is 218 Å². The molecule has 0 spiro atoms. The van der Waals surface area contributed by atoms with Crippen molar-refractivity contribution in [1.82, 2.24) is 15.3 Å². The molecule has 8 heteroatoms. The first-order valence-electron chi connectivity index (χ1n) is 12.0. The van der Waals surface area contributed by atoms with Gasteiger partial charge in [0.2, 0.25) is 5.88 Å². The first-order chi connectivity index (χ1) is 18.0. The number of nitrogens with one attached hydrogen (secondary N) is 1. The van der Waals surface area contributed by atoms with Crippen LogP contribution in [0.3, 0.4) is 0 Å². The third-order valence-corrected chi connectivity index (χ3v) is 6.20. The van der Waals surface area contributed by atoms with E-state index < -0.39 is 0 Å². The molecule has 6 nitrogen and oxygen atoms in total. The normalized spacial score (nSPS) is 12.5. The largest absolute Gasteiger partial charge is 0.471 e. The molecular formula is C29H24ClFN4O2. The maximum absolute atomic E-state index is 13.6. The number of halogens is 2. The molecule has 0 unspecified atom stereocenters. The molecule has 186 valence electrons. The van der Waals surface area contributed by atoms with Crippen LogP contribution in [-0.2, 0) is 6.61 Å². The summed E-state index contributed by atoms with van der Waals surface area (Å²) in [4.78, 5) is 26.5. The molecule has 2 heterocycles. The standard InChI is InChI=1S/C29H24ClFN4O2/c30-22-10-5-19(6-11-22)18-37-29-27(20-7-12-23(31)13-8-20)34-26-17-21(9-14-25(26)35-29)28(36)33-16-2-4-24-3-1-15-32-24/h1,5-15,17H,2-4,16,18H2,(H,33,36). The fourth-order valence-corrected chi connectivity index (χ4v) is 4.10. The van der Waals surface area contributed by atoms with E-state index in [0.29, 0.717) is 45.3 Å². The van der Waals surface area contributed by atoms with Gasteiger partial charge in [-0.1, -0.05) is 29.8 Å². The van der Waals surface area contributed by atoms with Gasteiger partial charge in [0.1, 0.15) is 18.1 Å². The number of benzene rings is 3. The van der Waals surface area contributed by atoms with E-state index in [2.05, 4.69) is 15.3 Å². The Morgan fingerprint density at radius 2 is 1.81 bits per heavy atom. The van der Waals surface area contributed by atoms with Gasteiger partial charge in [0.15, 0.2) is 0 Å². The summed E-state index contributed by atoms with van der Waals surface area (Å²) in [5.41, 5.74) is 4.78. The minimum absolute atomic E-state index is 0.179. The zero-order valence-corrected chi connectivity index (χ0v) is 20.7. The summed E-state index contributed by atoms with van der Waals surface area (Å²) < 4.78 is 19.6. The lowest BCUT2D eigenvalue weighted by Crippen LogP contribution is -2.24. The first-order valence-corrected chi connectivity index (χ1v) is 12.4. The second-order valence-electron chi connectivity index (χ2n) is 8.65. The van der Waals surface area contributed by atoms with E-state index in [0.717, 1.165) is 30.5 Å². The molecule has 1 amide bonds. The van der Waals surface area contributed by atoms with Gasteiger partial charge in [-0.25, -0.2) is 14.4 Å². The number of aromatic nitrogens is 2. The molecule has 1 aromatic heterocycles. The van der Waals surface area contributed by atoms with E-state index in [9.17, 15) is 9.18 Å². The monoisotopic (exact) mass is 514 g/mol. The van der Waals surface area contributed by atoms with E-state index in [1.54, 1.807) is 42.5 Å². The number of hydrogen-bond donors (Lipinski definition) is 1. The molecule has 1 aliphatic rings. The van der Waals surface area contributed by atoms with Crippen LogP contribution in [0.4, 0.5) is 4.39 Å². The molecule has 0 saturated heterocycles. The summed E-state index contributed by atoms with van der Waals surface area (Å²) in [5.74, 6) is -0.214. The van der Waals surface area contributed by atoms with Crippen molar-refractivity contribution in [1.29, 1.82) is 0 Å². The number of allylic oxidation sites excluding steroid dienone is 1. The summed E-state index contributed by atoms with van der Waals surface area (Å²) in [6.07, 6.45) is 6.41. The summed E-state index contributed by atoms with van der Waals surface area (Å²) in [7, 11) is 0. The van der Waals surface area contributed by atoms with E-state index >= 15 is 0 Å². The Hall–Kier alpha value is -4.10. The molecule has 1 aliphatic heterocycles. The second kappa shape index (κ2) is 11.3. The lowest BCUT2D eigenvalue weighted by Gasteiger charge is -2.12. The van der Waals surface area contributed by atoms with Gasteiger partial charge in [-0.05, 0) is 73.0 Å². The van der Waals surface area contributed by atoms with Crippen LogP contribution >= 0.6 is 11.6 Å². The van der Waals surface area contributed by atoms with Gasteiger partial charge in [-0.15, -0.1) is 0 Å². The minimum Gasteiger partial charge on any atom is -0.471 e. The van der Waals surface area contributed by atoms with Gasteiger partial charge in [-0.3, -0.25) is 9.79 Å². The fourth-order valence-electron chi connectivity index (χ4n) is 3.97. The Balaban J connectivity index is 1.37. The highest BCUT2D eigenvalue weighted by molar-refractivity contribution is 6.30. The number of aliphatic imine (C=N–C) groups is 1. The summed E-state index contributed by atoms with van der Waals surface area (Å²) in [5, 5.41) is 3.60. The Kier molecular flexibility index (Phi) is 7.51. The number of fused-ring (bicyclic) bond motifs is 1. The number of hydrogen-bond acceptors (Lipinski definition) is 5. The van der Waals surface area contributed by atoms with Crippen LogP contribution < -0.4 is 10.1 Å². The van der Waals surface area contributed by atoms with E-state index in [1.165, 1.54) is 12.1 Å². The van der Waals surface area contributed by atoms with Gasteiger partial charge in [-0.2, -0.15) is 0 Å². The molecule has 0 aliphatic carbocycles. The maximum atomic E-state index is 13.6. The Morgan fingerprint density at radius 3 is 2.57 bits per heavy atom. The smallest absolute Gasteiger partial charge is 0.251 e. The molecule has 0 saturated carbocycles. The van der Waals surface area contributed by atoms with Crippen LogP contribution in [-0.4, -0.2) is 28.1 Å². The van der Waals surface area contributed by atoms with Crippen molar-refractivity contribution in [3.8, 4) is 17.1 Å². The van der Waals surface area contributed by atoms with Gasteiger partial charge in [0.25, 0.3) is 5.91 Å². The topological polar surface area (TPSA) is 76.5 Å². The first kappa shape index (κ1) is 24.6. The van der Waals surface area contributed by atoms with Crippen LogP contribution in [0.25, 0.3) is 22.3 Å². The van der Waals surface area contributed by atoms with Gasteiger partial charge >= 0.3 is 0 Å². The summed E-state index contributed by atoms with van der Waals surface area (Å²) >= 11 is 5.98. The highest BCUT2D eigenvalue weighted by Gasteiger charge is 2.15. The molecule has 37 heavy (non-hydrogen) atoms. The van der Waals surface area contributed by atoms with E-state index in [-0.39, 0.29) is 18.3 Å². The van der Waals surface area contributed by atoms with Crippen molar-refractivity contribution in [3.63, 3.8) is 0 Å². The van der Waals surface area contributed by atoms with Crippen LogP contribution in [0.5, 0.6) is 5.88 Å². The predicted molar refractivity (Wildman–Crippen MR) is 143 cm³/mol. The van der Waals surface area contributed by atoms with E-state index in [4.69, 9.17) is 21.3 Å². The van der Waals surface area contributed by atoms with Crippen LogP contribution in [0, 0.1) is 5.82 Å². The van der Waals surface area contributed by atoms with Gasteiger partial charge in [0.05, 0.1) is 11.0 Å². The molecular weight excluding hydrogens is 491 g/mol. The molecule has 4 aromatic rings. The number of ether oxygens (including phenoxy) is 1. The quantitative estimate of drug-likeness (QED) is 0.257.